The highest BCUT2D eigenvalue weighted by Crippen LogP contribution is 2.20. The predicted octanol–water partition coefficient (Wildman–Crippen LogP) is -1.18. The van der Waals surface area contributed by atoms with Crippen LogP contribution < -0.4 is 16.0 Å². The van der Waals surface area contributed by atoms with Crippen LogP contribution in [-0.2, 0) is 19.2 Å². The number of aliphatic hydroxyl groups is 1. The first-order chi connectivity index (χ1) is 13.6. The van der Waals surface area contributed by atoms with E-state index >= 15 is 0 Å². The molecule has 29 heavy (non-hydrogen) atoms. The van der Waals surface area contributed by atoms with Gasteiger partial charge in [0.25, 0.3) is 0 Å². The van der Waals surface area contributed by atoms with Gasteiger partial charge in [-0.05, 0) is 45.1 Å². The zero-order valence-corrected chi connectivity index (χ0v) is 17.2. The highest BCUT2D eigenvalue weighted by atomic mass is 16.4. The second kappa shape index (κ2) is 10.0. The third kappa shape index (κ3) is 5.66. The van der Waals surface area contributed by atoms with E-state index < -0.39 is 48.1 Å². The first-order valence-electron chi connectivity index (χ1n) is 10.2. The van der Waals surface area contributed by atoms with Crippen LogP contribution in [0.3, 0.4) is 0 Å². The van der Waals surface area contributed by atoms with Gasteiger partial charge in [-0.2, -0.15) is 0 Å². The van der Waals surface area contributed by atoms with Crippen LogP contribution in [0.2, 0.25) is 0 Å². The van der Waals surface area contributed by atoms with Crippen LogP contribution in [0.1, 0.15) is 46.5 Å². The van der Waals surface area contributed by atoms with Gasteiger partial charge in [0.05, 0.1) is 12.1 Å². The number of rotatable bonds is 8. The van der Waals surface area contributed by atoms with Crippen molar-refractivity contribution in [2.45, 2.75) is 76.7 Å². The lowest BCUT2D eigenvalue weighted by molar-refractivity contribution is -0.150. The quantitative estimate of drug-likeness (QED) is 0.337. The maximum absolute atomic E-state index is 12.9. The summed E-state index contributed by atoms with van der Waals surface area (Å²) < 4.78 is 0. The number of carbonyl (C=O) groups excluding carboxylic acids is 3. The van der Waals surface area contributed by atoms with Crippen molar-refractivity contribution in [3.05, 3.63) is 0 Å². The Balaban J connectivity index is 2.08. The molecule has 0 radical (unpaired) electrons. The Morgan fingerprint density at radius 3 is 2.24 bits per heavy atom. The van der Waals surface area contributed by atoms with E-state index in [2.05, 4.69) is 16.0 Å². The number of carboxylic acid groups (broad SMARTS) is 1. The molecule has 5 unspecified atom stereocenters. The molecule has 2 rings (SSSR count). The summed E-state index contributed by atoms with van der Waals surface area (Å²) in [6.45, 7) is 5.91. The number of hydrogen-bond donors (Lipinski definition) is 5. The Kier molecular flexibility index (Phi) is 7.97. The van der Waals surface area contributed by atoms with Crippen molar-refractivity contribution in [3.63, 3.8) is 0 Å². The Hall–Kier alpha value is -2.20. The van der Waals surface area contributed by atoms with Gasteiger partial charge in [0.2, 0.25) is 17.7 Å². The van der Waals surface area contributed by atoms with Gasteiger partial charge in [0.1, 0.15) is 18.1 Å². The summed E-state index contributed by atoms with van der Waals surface area (Å²) in [7, 11) is 0. The third-order valence-corrected chi connectivity index (χ3v) is 5.49. The molecular formula is C19H32N4O6. The molecule has 0 spiro atoms. The van der Waals surface area contributed by atoms with Crippen molar-refractivity contribution >= 4 is 23.7 Å². The van der Waals surface area contributed by atoms with Crippen LogP contribution in [0.25, 0.3) is 0 Å². The highest BCUT2D eigenvalue weighted by Gasteiger charge is 2.40. The van der Waals surface area contributed by atoms with Crippen molar-refractivity contribution < 1.29 is 29.4 Å². The summed E-state index contributed by atoms with van der Waals surface area (Å²) in [6.07, 6.45) is 1.30. The van der Waals surface area contributed by atoms with E-state index in [0.717, 1.165) is 6.42 Å². The number of aliphatic hydroxyl groups excluding tert-OH is 1. The molecule has 0 aromatic rings. The lowest BCUT2D eigenvalue weighted by atomic mass is 10.0. The van der Waals surface area contributed by atoms with Gasteiger partial charge in [0.15, 0.2) is 0 Å². The zero-order chi connectivity index (χ0) is 21.7. The van der Waals surface area contributed by atoms with Crippen molar-refractivity contribution in [2.24, 2.45) is 5.92 Å². The summed E-state index contributed by atoms with van der Waals surface area (Å²) >= 11 is 0. The Labute approximate surface area is 170 Å². The van der Waals surface area contributed by atoms with E-state index in [1.165, 1.54) is 11.8 Å². The largest absolute Gasteiger partial charge is 0.480 e. The van der Waals surface area contributed by atoms with Crippen molar-refractivity contribution in [1.29, 1.82) is 0 Å². The van der Waals surface area contributed by atoms with E-state index in [1.807, 2.05) is 0 Å². The molecule has 2 saturated heterocycles. The van der Waals surface area contributed by atoms with Crippen molar-refractivity contribution in [3.8, 4) is 0 Å². The average molecular weight is 412 g/mol. The van der Waals surface area contributed by atoms with E-state index in [1.54, 1.807) is 13.8 Å². The summed E-state index contributed by atoms with van der Waals surface area (Å²) in [5.74, 6) is -2.89. The fourth-order valence-corrected chi connectivity index (χ4v) is 3.79. The number of nitrogens with zero attached hydrogens (tertiary/aromatic N) is 1. The number of hydrogen-bond acceptors (Lipinski definition) is 6. The van der Waals surface area contributed by atoms with Gasteiger partial charge >= 0.3 is 5.97 Å². The minimum absolute atomic E-state index is 0.302. The maximum Gasteiger partial charge on any atom is 0.326 e. The minimum atomic E-state index is -1.22. The van der Waals surface area contributed by atoms with Gasteiger partial charge < -0.3 is 31.1 Å². The molecule has 5 atom stereocenters. The Bertz CT molecular complexity index is 632. The molecule has 2 aliphatic heterocycles. The predicted molar refractivity (Wildman–Crippen MR) is 104 cm³/mol. The molecule has 2 fully saturated rings. The van der Waals surface area contributed by atoms with Crippen molar-refractivity contribution in [1.82, 2.24) is 20.9 Å². The number of likely N-dealkylation sites (tertiary alicyclic amines) is 1. The Morgan fingerprint density at radius 2 is 1.72 bits per heavy atom. The summed E-state index contributed by atoms with van der Waals surface area (Å²) in [4.78, 5) is 50.8. The van der Waals surface area contributed by atoms with Gasteiger partial charge in [-0.25, -0.2) is 4.79 Å². The van der Waals surface area contributed by atoms with E-state index in [0.29, 0.717) is 32.4 Å². The monoisotopic (exact) mass is 412 g/mol. The van der Waals surface area contributed by atoms with Crippen molar-refractivity contribution in [2.75, 3.05) is 13.1 Å². The molecule has 2 aliphatic rings. The van der Waals surface area contributed by atoms with Crippen LogP contribution in [0, 0.1) is 5.92 Å². The second-order valence-corrected chi connectivity index (χ2v) is 8.13. The second-order valence-electron chi connectivity index (χ2n) is 8.13. The molecule has 164 valence electrons. The highest BCUT2D eigenvalue weighted by molar-refractivity contribution is 5.94. The van der Waals surface area contributed by atoms with Crippen LogP contribution >= 0.6 is 0 Å². The summed E-state index contributed by atoms with van der Waals surface area (Å²) in [5, 5.41) is 27.5. The van der Waals surface area contributed by atoms with Crippen LogP contribution in [0.5, 0.6) is 0 Å². The average Bonchev–Trinajstić information content (AvgIpc) is 3.34. The molecule has 3 amide bonds. The molecular weight excluding hydrogens is 380 g/mol. The lowest BCUT2D eigenvalue weighted by Crippen LogP contribution is -2.60. The molecule has 0 saturated carbocycles. The number of aliphatic carboxylic acids is 1. The van der Waals surface area contributed by atoms with Gasteiger partial charge in [-0.1, -0.05) is 13.8 Å². The first kappa shape index (κ1) is 23.1. The maximum atomic E-state index is 12.9. The van der Waals surface area contributed by atoms with Gasteiger partial charge in [-0.15, -0.1) is 0 Å². The van der Waals surface area contributed by atoms with Crippen LogP contribution in [0.15, 0.2) is 0 Å². The molecule has 0 aromatic carbocycles. The van der Waals surface area contributed by atoms with E-state index in [-0.39, 0.29) is 11.8 Å². The summed E-state index contributed by atoms with van der Waals surface area (Å²) in [5.41, 5.74) is 0. The third-order valence-electron chi connectivity index (χ3n) is 5.49. The molecule has 0 bridgehead atoms. The fraction of sp³-hybridized carbons (Fsp3) is 0.789. The summed E-state index contributed by atoms with van der Waals surface area (Å²) in [6, 6.07) is -3.48. The molecule has 0 aliphatic carbocycles. The molecule has 2 heterocycles. The number of amides is 3. The smallest absolute Gasteiger partial charge is 0.326 e. The number of nitrogens with one attached hydrogen (secondary N) is 3. The number of carboxylic acids is 1. The topological polar surface area (TPSA) is 148 Å². The fourth-order valence-electron chi connectivity index (χ4n) is 3.79. The standard InChI is InChI=1S/C19H32N4O6/c1-10(2)14(18(27)23-9-5-7-13(23)19(28)29)21-17(26)15(11(3)24)22-16(25)12-6-4-8-20-12/h10-15,20,24H,4-9H2,1-3H3,(H,21,26)(H,22,25)(H,28,29). The van der Waals surface area contributed by atoms with Gasteiger partial charge in [-0.3, -0.25) is 14.4 Å². The lowest BCUT2D eigenvalue weighted by Gasteiger charge is -2.31. The van der Waals surface area contributed by atoms with E-state index in [9.17, 15) is 29.4 Å². The van der Waals surface area contributed by atoms with E-state index in [4.69, 9.17) is 0 Å². The van der Waals surface area contributed by atoms with Crippen LogP contribution in [-0.4, -0.2) is 82.2 Å². The molecule has 10 nitrogen and oxygen atoms in total. The minimum Gasteiger partial charge on any atom is -0.480 e. The number of carbonyl (C=O) groups is 4. The molecule has 0 aromatic heterocycles. The normalized spacial score (nSPS) is 24.8. The molecule has 10 heteroatoms. The van der Waals surface area contributed by atoms with Gasteiger partial charge in [0, 0.05) is 6.54 Å². The molecule has 5 N–H and O–H groups in total. The SMILES string of the molecule is CC(C)C(NC(=O)C(NC(=O)C1CCCN1)C(C)O)C(=O)N1CCCC1C(=O)O. The Morgan fingerprint density at radius 1 is 1.03 bits per heavy atom. The first-order valence-corrected chi connectivity index (χ1v) is 10.2. The van der Waals surface area contributed by atoms with Crippen LogP contribution in [0.4, 0.5) is 0 Å². The zero-order valence-electron chi connectivity index (χ0n) is 17.2.